The zero-order valence-electron chi connectivity index (χ0n) is 16.0. The van der Waals surface area contributed by atoms with E-state index < -0.39 is 46.4 Å². The maximum absolute atomic E-state index is 12.6. The third-order valence-corrected chi connectivity index (χ3v) is 5.03. The van der Waals surface area contributed by atoms with Crippen LogP contribution in [0.2, 0.25) is 0 Å². The minimum Gasteiger partial charge on any atom is -0.547 e. The highest BCUT2D eigenvalue weighted by molar-refractivity contribution is 7.82. The number of carboxylic acid groups (broad SMARTS) is 1. The minimum absolute atomic E-state index is 0.108. The third kappa shape index (κ3) is 6.80. The van der Waals surface area contributed by atoms with Crippen LogP contribution in [-0.4, -0.2) is 51.0 Å². The van der Waals surface area contributed by atoms with E-state index in [1.54, 1.807) is 30.3 Å². The second-order valence-electron chi connectivity index (χ2n) is 6.99. The average molecular weight is 427 g/mol. The molecule has 1 fully saturated rings. The summed E-state index contributed by atoms with van der Waals surface area (Å²) in [6.07, 6.45) is -3.30. The Balaban J connectivity index is 2.14. The lowest BCUT2D eigenvalue weighted by atomic mass is 10.0. The Kier molecular flexibility index (Phi) is 7.71. The molecule has 3 atom stereocenters. The van der Waals surface area contributed by atoms with Gasteiger partial charge >= 0.3 is 10.4 Å². The number of benzene rings is 1. The highest BCUT2D eigenvalue weighted by atomic mass is 32.3. The van der Waals surface area contributed by atoms with Crippen LogP contribution in [0, 0.1) is 5.92 Å². The van der Waals surface area contributed by atoms with Crippen molar-refractivity contribution in [3.8, 4) is 0 Å². The van der Waals surface area contributed by atoms with E-state index in [-0.39, 0.29) is 6.42 Å². The standard InChI is InChI=1S/C18H24N2O8S/c1-11(2)8-9-19-16(21)13(10-12-6-4-3-5-7-12)20-17(22)14-15(18(23)24)28-29(25,26)27-14/h3-7,11,13-15H,8-10H2,1-2H3,(H,19,21)(H,20,22)(H,23,24)/p-1/t13-,14-,15-/m0/s1. The number of carbonyl (C=O) groups excluding carboxylic acids is 3. The van der Waals surface area contributed by atoms with Gasteiger partial charge in [0.15, 0.2) is 12.2 Å². The molecular weight excluding hydrogens is 404 g/mol. The molecule has 2 rings (SSSR count). The van der Waals surface area contributed by atoms with Crippen molar-refractivity contribution < 1.29 is 36.3 Å². The summed E-state index contributed by atoms with van der Waals surface area (Å²) in [7, 11) is -4.66. The van der Waals surface area contributed by atoms with Gasteiger partial charge in [0.1, 0.15) is 6.04 Å². The first-order valence-electron chi connectivity index (χ1n) is 9.03. The molecule has 1 saturated heterocycles. The zero-order chi connectivity index (χ0) is 21.6. The molecule has 1 aromatic rings. The van der Waals surface area contributed by atoms with Crippen LogP contribution in [0.1, 0.15) is 25.8 Å². The van der Waals surface area contributed by atoms with Crippen LogP contribution < -0.4 is 15.7 Å². The van der Waals surface area contributed by atoms with Crippen LogP contribution in [0.3, 0.4) is 0 Å². The molecule has 10 nitrogen and oxygen atoms in total. The number of carboxylic acids is 1. The SMILES string of the molecule is CC(C)CCNC(=O)[C@H](Cc1ccccc1)NC(=O)[C@H]1OS(=O)(=O)O[C@@H]1C(=O)[O-]. The van der Waals surface area contributed by atoms with E-state index in [0.29, 0.717) is 12.5 Å². The predicted molar refractivity (Wildman–Crippen MR) is 98.2 cm³/mol. The van der Waals surface area contributed by atoms with Crippen molar-refractivity contribution >= 4 is 28.2 Å². The van der Waals surface area contributed by atoms with E-state index in [4.69, 9.17) is 0 Å². The molecule has 0 bridgehead atoms. The summed E-state index contributed by atoms with van der Waals surface area (Å²) in [6, 6.07) is 7.74. The number of carbonyl (C=O) groups is 3. The molecule has 160 valence electrons. The molecule has 2 N–H and O–H groups in total. The van der Waals surface area contributed by atoms with Crippen molar-refractivity contribution in [3.63, 3.8) is 0 Å². The van der Waals surface area contributed by atoms with Crippen molar-refractivity contribution in [2.24, 2.45) is 5.92 Å². The van der Waals surface area contributed by atoms with E-state index >= 15 is 0 Å². The molecule has 0 radical (unpaired) electrons. The van der Waals surface area contributed by atoms with Crippen LogP contribution in [0.5, 0.6) is 0 Å². The van der Waals surface area contributed by atoms with E-state index in [1.807, 2.05) is 13.8 Å². The molecule has 0 aromatic heterocycles. The lowest BCUT2D eigenvalue weighted by Crippen LogP contribution is -2.54. The Morgan fingerprint density at radius 3 is 2.31 bits per heavy atom. The van der Waals surface area contributed by atoms with Gasteiger partial charge in [-0.15, -0.1) is 0 Å². The maximum atomic E-state index is 12.6. The fourth-order valence-corrected chi connectivity index (χ4v) is 3.56. The quantitative estimate of drug-likeness (QED) is 0.491. The van der Waals surface area contributed by atoms with Crippen LogP contribution in [0.25, 0.3) is 0 Å². The average Bonchev–Trinajstić information content (AvgIpc) is 2.97. The highest BCUT2D eigenvalue weighted by Crippen LogP contribution is 2.21. The number of hydrogen-bond acceptors (Lipinski definition) is 8. The fourth-order valence-electron chi connectivity index (χ4n) is 2.64. The van der Waals surface area contributed by atoms with Crippen LogP contribution in [0.15, 0.2) is 30.3 Å². The molecule has 0 aliphatic carbocycles. The largest absolute Gasteiger partial charge is 0.547 e. The van der Waals surface area contributed by atoms with E-state index in [1.165, 1.54) is 0 Å². The first-order valence-corrected chi connectivity index (χ1v) is 10.4. The molecule has 1 aliphatic heterocycles. The molecule has 1 heterocycles. The summed E-state index contributed by atoms with van der Waals surface area (Å²) >= 11 is 0. The van der Waals surface area contributed by atoms with Gasteiger partial charge in [-0.2, -0.15) is 8.42 Å². The second-order valence-corrected chi connectivity index (χ2v) is 8.19. The van der Waals surface area contributed by atoms with Gasteiger partial charge in [-0.05, 0) is 17.9 Å². The zero-order valence-corrected chi connectivity index (χ0v) is 16.8. The normalized spacial score (nSPS) is 21.5. The molecule has 0 spiro atoms. The topological polar surface area (TPSA) is 151 Å². The third-order valence-electron chi connectivity index (χ3n) is 4.15. The molecule has 1 aliphatic rings. The van der Waals surface area contributed by atoms with E-state index in [0.717, 1.165) is 12.0 Å². The molecule has 11 heteroatoms. The lowest BCUT2D eigenvalue weighted by molar-refractivity contribution is -0.314. The summed E-state index contributed by atoms with van der Waals surface area (Å²) in [5, 5.41) is 16.1. The van der Waals surface area contributed by atoms with Gasteiger partial charge in [0.2, 0.25) is 5.91 Å². The first kappa shape index (κ1) is 22.8. The lowest BCUT2D eigenvalue weighted by Gasteiger charge is -2.22. The molecule has 1 aromatic carbocycles. The van der Waals surface area contributed by atoms with Gasteiger partial charge in [0.05, 0.1) is 5.97 Å². The van der Waals surface area contributed by atoms with Crippen molar-refractivity contribution in [2.45, 2.75) is 44.9 Å². The van der Waals surface area contributed by atoms with Gasteiger partial charge < -0.3 is 20.5 Å². The number of hydrogen-bond donors (Lipinski definition) is 2. The Labute approximate surface area is 168 Å². The van der Waals surface area contributed by atoms with Crippen LogP contribution in [0.4, 0.5) is 0 Å². The molecule has 29 heavy (non-hydrogen) atoms. The van der Waals surface area contributed by atoms with Gasteiger partial charge in [0.25, 0.3) is 5.91 Å². The number of rotatable bonds is 9. The van der Waals surface area contributed by atoms with Gasteiger partial charge in [-0.3, -0.25) is 9.59 Å². The predicted octanol–water partition coefficient (Wildman–Crippen LogP) is -1.35. The Bertz CT molecular complexity index is 841. The van der Waals surface area contributed by atoms with Crippen molar-refractivity contribution in [1.29, 1.82) is 0 Å². The minimum atomic E-state index is -4.66. The number of amides is 2. The summed E-state index contributed by atoms with van der Waals surface area (Å²) < 4.78 is 31.4. The van der Waals surface area contributed by atoms with Gasteiger partial charge in [-0.25, -0.2) is 8.37 Å². The number of aliphatic carboxylic acids is 1. The monoisotopic (exact) mass is 427 g/mol. The Hall–Kier alpha value is -2.50. The van der Waals surface area contributed by atoms with Gasteiger partial charge in [-0.1, -0.05) is 44.2 Å². The summed E-state index contributed by atoms with van der Waals surface area (Å²) in [5.74, 6) is -3.17. The van der Waals surface area contributed by atoms with E-state index in [9.17, 15) is 27.9 Å². The van der Waals surface area contributed by atoms with Crippen molar-refractivity contribution in [2.75, 3.05) is 6.54 Å². The molecule has 0 unspecified atom stereocenters. The summed E-state index contributed by atoms with van der Waals surface area (Å²) in [6.45, 7) is 4.37. The summed E-state index contributed by atoms with van der Waals surface area (Å²) in [4.78, 5) is 36.1. The molecule has 0 saturated carbocycles. The van der Waals surface area contributed by atoms with Crippen molar-refractivity contribution in [3.05, 3.63) is 35.9 Å². The maximum Gasteiger partial charge on any atom is 0.401 e. The van der Waals surface area contributed by atoms with Crippen LogP contribution in [-0.2, 0) is 39.6 Å². The smallest absolute Gasteiger partial charge is 0.401 e. The van der Waals surface area contributed by atoms with E-state index in [2.05, 4.69) is 19.0 Å². The Morgan fingerprint density at radius 2 is 1.72 bits per heavy atom. The molecule has 2 amide bonds. The second kappa shape index (κ2) is 9.81. The summed E-state index contributed by atoms with van der Waals surface area (Å²) in [5.41, 5.74) is 0.740. The molecular formula is C18H23N2O8S-. The van der Waals surface area contributed by atoms with Crippen molar-refractivity contribution in [1.82, 2.24) is 10.6 Å². The Morgan fingerprint density at radius 1 is 1.10 bits per heavy atom. The fraction of sp³-hybridized carbons (Fsp3) is 0.500. The highest BCUT2D eigenvalue weighted by Gasteiger charge is 2.46. The van der Waals surface area contributed by atoms with Gasteiger partial charge in [0, 0.05) is 13.0 Å². The number of nitrogens with one attached hydrogen (secondary N) is 2. The first-order chi connectivity index (χ1) is 13.6. The van der Waals surface area contributed by atoms with Crippen LogP contribution >= 0.6 is 0 Å².